The monoisotopic (exact) mass is 387 g/mol. The van der Waals surface area contributed by atoms with E-state index in [0.717, 1.165) is 0 Å². The van der Waals surface area contributed by atoms with Crippen molar-refractivity contribution >= 4 is 17.3 Å². The SMILES string of the molecule is CC1CN(c2ccc(CNC(=O)c3cccc([N+](=O)[O-])c3)cc2F)CC(C)O1. The maximum absolute atomic E-state index is 14.6. The van der Waals surface area contributed by atoms with Crippen LogP contribution in [-0.4, -0.2) is 36.1 Å². The number of non-ortho nitro benzene ring substituents is 1. The van der Waals surface area contributed by atoms with Crippen molar-refractivity contribution in [3.05, 3.63) is 69.5 Å². The van der Waals surface area contributed by atoms with E-state index in [2.05, 4.69) is 5.32 Å². The summed E-state index contributed by atoms with van der Waals surface area (Å²) in [5, 5.41) is 13.5. The average Bonchev–Trinajstić information content (AvgIpc) is 2.65. The van der Waals surface area contributed by atoms with Gasteiger partial charge in [0.25, 0.3) is 11.6 Å². The minimum atomic E-state index is -0.557. The second-order valence-electron chi connectivity index (χ2n) is 6.94. The van der Waals surface area contributed by atoms with Gasteiger partial charge in [-0.1, -0.05) is 12.1 Å². The van der Waals surface area contributed by atoms with Crippen molar-refractivity contribution in [2.24, 2.45) is 0 Å². The molecular weight excluding hydrogens is 365 g/mol. The quantitative estimate of drug-likeness (QED) is 0.629. The number of morpholine rings is 1. The van der Waals surface area contributed by atoms with E-state index in [4.69, 9.17) is 4.74 Å². The van der Waals surface area contributed by atoms with Gasteiger partial charge >= 0.3 is 0 Å². The Morgan fingerprint density at radius 3 is 2.61 bits per heavy atom. The van der Waals surface area contributed by atoms with Gasteiger partial charge in [0.1, 0.15) is 5.82 Å². The third-order valence-electron chi connectivity index (χ3n) is 4.54. The highest BCUT2D eigenvalue weighted by Crippen LogP contribution is 2.24. The van der Waals surface area contributed by atoms with Crippen molar-refractivity contribution in [1.82, 2.24) is 5.32 Å². The van der Waals surface area contributed by atoms with Crippen LogP contribution in [0.2, 0.25) is 0 Å². The molecule has 2 unspecified atom stereocenters. The molecule has 3 rings (SSSR count). The van der Waals surface area contributed by atoms with Gasteiger partial charge in [-0.15, -0.1) is 0 Å². The first-order valence-corrected chi connectivity index (χ1v) is 9.05. The summed E-state index contributed by atoms with van der Waals surface area (Å²) in [5.41, 5.74) is 1.14. The summed E-state index contributed by atoms with van der Waals surface area (Å²) in [4.78, 5) is 24.4. The van der Waals surface area contributed by atoms with Gasteiger partial charge in [-0.2, -0.15) is 0 Å². The fourth-order valence-corrected chi connectivity index (χ4v) is 3.34. The number of anilines is 1. The number of halogens is 1. The molecule has 1 amide bonds. The van der Waals surface area contributed by atoms with Crippen LogP contribution in [0, 0.1) is 15.9 Å². The highest BCUT2D eigenvalue weighted by Gasteiger charge is 2.24. The number of rotatable bonds is 5. The molecule has 148 valence electrons. The molecule has 2 aromatic rings. The predicted octanol–water partition coefficient (Wildman–Crippen LogP) is 3.28. The van der Waals surface area contributed by atoms with Crippen LogP contribution in [0.5, 0.6) is 0 Å². The standard InChI is InChI=1S/C20H22FN3O4/c1-13-11-23(12-14(2)28-13)19-7-6-15(8-18(19)21)10-22-20(25)16-4-3-5-17(9-16)24(26)27/h3-9,13-14H,10-12H2,1-2H3,(H,22,25). The molecule has 1 fully saturated rings. The van der Waals surface area contributed by atoms with Crippen LogP contribution >= 0.6 is 0 Å². The fraction of sp³-hybridized carbons (Fsp3) is 0.350. The Balaban J connectivity index is 1.65. The maximum atomic E-state index is 14.6. The van der Waals surface area contributed by atoms with Crippen molar-refractivity contribution in [2.45, 2.75) is 32.6 Å². The second-order valence-corrected chi connectivity index (χ2v) is 6.94. The highest BCUT2D eigenvalue weighted by atomic mass is 19.1. The lowest BCUT2D eigenvalue weighted by atomic mass is 10.1. The molecule has 1 aliphatic rings. The minimum absolute atomic E-state index is 0.0250. The first-order valence-electron chi connectivity index (χ1n) is 9.05. The zero-order chi connectivity index (χ0) is 20.3. The van der Waals surface area contributed by atoms with E-state index < -0.39 is 10.8 Å². The third-order valence-corrected chi connectivity index (χ3v) is 4.54. The van der Waals surface area contributed by atoms with Crippen LogP contribution in [0.3, 0.4) is 0 Å². The van der Waals surface area contributed by atoms with E-state index in [9.17, 15) is 19.3 Å². The van der Waals surface area contributed by atoms with Gasteiger partial charge in [-0.3, -0.25) is 14.9 Å². The highest BCUT2D eigenvalue weighted by molar-refractivity contribution is 5.94. The van der Waals surface area contributed by atoms with Gasteiger partial charge in [0.2, 0.25) is 0 Å². The van der Waals surface area contributed by atoms with Crippen LogP contribution in [-0.2, 0) is 11.3 Å². The Labute approximate surface area is 162 Å². The fourth-order valence-electron chi connectivity index (χ4n) is 3.34. The van der Waals surface area contributed by atoms with E-state index in [1.165, 1.54) is 30.3 Å². The van der Waals surface area contributed by atoms with Crippen molar-refractivity contribution in [3.63, 3.8) is 0 Å². The number of benzene rings is 2. The van der Waals surface area contributed by atoms with Crippen molar-refractivity contribution in [3.8, 4) is 0 Å². The number of amides is 1. The molecule has 0 spiro atoms. The summed E-state index contributed by atoms with van der Waals surface area (Å²) in [6, 6.07) is 10.3. The van der Waals surface area contributed by atoms with Gasteiger partial charge in [-0.05, 0) is 37.6 Å². The Bertz CT molecular complexity index is 880. The minimum Gasteiger partial charge on any atom is -0.372 e. The predicted molar refractivity (Wildman–Crippen MR) is 103 cm³/mol. The number of nitrogens with one attached hydrogen (secondary N) is 1. The first kappa shape index (κ1) is 19.8. The topological polar surface area (TPSA) is 84.7 Å². The number of carbonyl (C=O) groups is 1. The smallest absolute Gasteiger partial charge is 0.270 e. The lowest BCUT2D eigenvalue weighted by molar-refractivity contribution is -0.384. The third kappa shape index (κ3) is 4.64. The van der Waals surface area contributed by atoms with Crippen molar-refractivity contribution in [1.29, 1.82) is 0 Å². The molecule has 7 nitrogen and oxygen atoms in total. The Kier molecular flexibility index (Phi) is 5.89. The molecule has 1 N–H and O–H groups in total. The molecule has 0 radical (unpaired) electrons. The summed E-state index contributed by atoms with van der Waals surface area (Å²) in [5.74, 6) is -0.813. The van der Waals surface area contributed by atoms with E-state index in [0.29, 0.717) is 24.3 Å². The largest absolute Gasteiger partial charge is 0.372 e. The van der Waals surface area contributed by atoms with E-state index in [-0.39, 0.29) is 35.8 Å². The molecule has 0 aliphatic carbocycles. The lowest BCUT2D eigenvalue weighted by Crippen LogP contribution is -2.45. The maximum Gasteiger partial charge on any atom is 0.270 e. The number of nitrogens with zero attached hydrogens (tertiary/aromatic N) is 2. The second kappa shape index (κ2) is 8.35. The molecular formula is C20H22FN3O4. The molecule has 1 heterocycles. The van der Waals surface area contributed by atoms with Gasteiger partial charge < -0.3 is 15.0 Å². The van der Waals surface area contributed by atoms with Gasteiger partial charge in [0.15, 0.2) is 0 Å². The number of nitro benzene ring substituents is 1. The van der Waals surface area contributed by atoms with Gasteiger partial charge in [0, 0.05) is 37.3 Å². The number of hydrogen-bond acceptors (Lipinski definition) is 5. The summed E-state index contributed by atoms with van der Waals surface area (Å²) >= 11 is 0. The van der Waals surface area contributed by atoms with Crippen molar-refractivity contribution in [2.75, 3.05) is 18.0 Å². The summed E-state index contributed by atoms with van der Waals surface area (Å²) in [6.07, 6.45) is 0.0501. The van der Waals surface area contributed by atoms with E-state index in [1.54, 1.807) is 12.1 Å². The van der Waals surface area contributed by atoms with Gasteiger partial charge in [-0.25, -0.2) is 4.39 Å². The summed E-state index contributed by atoms with van der Waals surface area (Å²) in [7, 11) is 0. The zero-order valence-corrected chi connectivity index (χ0v) is 15.7. The molecule has 8 heteroatoms. The lowest BCUT2D eigenvalue weighted by Gasteiger charge is -2.37. The number of carbonyl (C=O) groups excluding carboxylic acids is 1. The molecule has 0 saturated carbocycles. The molecule has 2 aromatic carbocycles. The molecule has 2 atom stereocenters. The number of nitro groups is 1. The number of hydrogen-bond donors (Lipinski definition) is 1. The van der Waals surface area contributed by atoms with Crippen LogP contribution in [0.15, 0.2) is 42.5 Å². The number of ether oxygens (including phenoxy) is 1. The molecule has 0 aromatic heterocycles. The average molecular weight is 387 g/mol. The van der Waals surface area contributed by atoms with Crippen LogP contribution in [0.1, 0.15) is 29.8 Å². The van der Waals surface area contributed by atoms with Crippen LogP contribution in [0.4, 0.5) is 15.8 Å². The Morgan fingerprint density at radius 2 is 1.96 bits per heavy atom. The summed E-state index contributed by atoms with van der Waals surface area (Å²) in [6.45, 7) is 5.26. The zero-order valence-electron chi connectivity index (χ0n) is 15.7. The molecule has 1 aliphatic heterocycles. The van der Waals surface area contributed by atoms with Crippen molar-refractivity contribution < 1.29 is 18.8 Å². The molecule has 28 heavy (non-hydrogen) atoms. The van der Waals surface area contributed by atoms with E-state index in [1.807, 2.05) is 18.7 Å². The Hall–Kier alpha value is -3.00. The molecule has 1 saturated heterocycles. The molecule has 0 bridgehead atoms. The van der Waals surface area contributed by atoms with E-state index >= 15 is 0 Å². The Morgan fingerprint density at radius 1 is 1.25 bits per heavy atom. The van der Waals surface area contributed by atoms with Crippen LogP contribution < -0.4 is 10.2 Å². The van der Waals surface area contributed by atoms with Gasteiger partial charge in [0.05, 0.1) is 22.8 Å². The van der Waals surface area contributed by atoms with Crippen LogP contribution in [0.25, 0.3) is 0 Å². The summed E-state index contributed by atoms with van der Waals surface area (Å²) < 4.78 is 20.3. The normalized spacial score (nSPS) is 19.3. The first-order chi connectivity index (χ1) is 13.3.